The van der Waals surface area contributed by atoms with Crippen LogP contribution in [0.1, 0.15) is 33.6 Å². The highest BCUT2D eigenvalue weighted by Crippen LogP contribution is 2.18. The fourth-order valence-electron chi connectivity index (χ4n) is 2.17. The van der Waals surface area contributed by atoms with Crippen molar-refractivity contribution in [1.82, 2.24) is 4.90 Å². The van der Waals surface area contributed by atoms with Crippen LogP contribution in [-0.2, 0) is 9.53 Å². The Morgan fingerprint density at radius 1 is 1.61 bits per heavy atom. The van der Waals surface area contributed by atoms with Gasteiger partial charge in [-0.05, 0) is 20.3 Å². The Hall–Kier alpha value is -1.30. The van der Waals surface area contributed by atoms with Crippen LogP contribution in [0.5, 0.6) is 0 Å². The number of nitrogens with zero attached hydrogens (tertiary/aromatic N) is 2. The summed E-state index contributed by atoms with van der Waals surface area (Å²) in [6.45, 7) is 6.93. The van der Waals surface area contributed by atoms with Gasteiger partial charge >= 0.3 is 0 Å². The topological polar surface area (TPSA) is 88.2 Å². The first-order valence-electron chi connectivity index (χ1n) is 6.40. The molecule has 0 radical (unpaired) electrons. The first-order valence-corrected chi connectivity index (χ1v) is 6.40. The Bertz CT molecular complexity index is 320. The molecular weight excluding hydrogens is 234 g/mol. The van der Waals surface area contributed by atoms with E-state index in [1.54, 1.807) is 4.90 Å². The second-order valence-corrected chi connectivity index (χ2v) is 4.85. The maximum atomic E-state index is 12.4. The molecule has 1 aliphatic heterocycles. The number of amidine groups is 1. The largest absolute Gasteiger partial charge is 0.409 e. The minimum Gasteiger partial charge on any atom is -0.409 e. The number of nitrogens with two attached hydrogens (primary N) is 1. The molecule has 6 nitrogen and oxygen atoms in total. The monoisotopic (exact) mass is 257 g/mol. The van der Waals surface area contributed by atoms with Gasteiger partial charge in [-0.15, -0.1) is 0 Å². The second kappa shape index (κ2) is 6.58. The molecule has 18 heavy (non-hydrogen) atoms. The van der Waals surface area contributed by atoms with Gasteiger partial charge in [0.1, 0.15) is 0 Å². The van der Waals surface area contributed by atoms with Gasteiger partial charge in [0.25, 0.3) is 0 Å². The lowest BCUT2D eigenvalue weighted by molar-refractivity contribution is -0.145. The van der Waals surface area contributed by atoms with E-state index < -0.39 is 5.92 Å². The third kappa shape index (κ3) is 3.35. The van der Waals surface area contributed by atoms with Gasteiger partial charge in [-0.2, -0.15) is 0 Å². The lowest BCUT2D eigenvalue weighted by Gasteiger charge is -2.38. The molecule has 1 aliphatic rings. The summed E-state index contributed by atoms with van der Waals surface area (Å²) in [7, 11) is 0. The molecule has 1 rings (SSSR count). The number of hydrogen-bond acceptors (Lipinski definition) is 4. The quantitative estimate of drug-likeness (QED) is 0.337. The summed E-state index contributed by atoms with van der Waals surface area (Å²) in [5, 5.41) is 11.7. The Balaban J connectivity index is 2.81. The molecule has 1 fully saturated rings. The normalized spacial score (nSPS) is 27.1. The molecule has 3 atom stereocenters. The summed E-state index contributed by atoms with van der Waals surface area (Å²) < 4.78 is 5.49. The standard InChI is InChI=1S/C12H23N3O3/c1-4-5-10(11(13)14-17)12(16)15-6-9(3)18-7-8(15)2/h8-10,17H,4-7H2,1-3H3,(H2,13,14). The van der Waals surface area contributed by atoms with Crippen LogP contribution in [0.4, 0.5) is 0 Å². The van der Waals surface area contributed by atoms with Crippen LogP contribution < -0.4 is 5.73 Å². The summed E-state index contributed by atoms with van der Waals surface area (Å²) >= 11 is 0. The lowest BCUT2D eigenvalue weighted by Crippen LogP contribution is -2.53. The molecule has 104 valence electrons. The molecule has 3 N–H and O–H groups in total. The van der Waals surface area contributed by atoms with Crippen LogP contribution in [-0.4, -0.2) is 47.1 Å². The van der Waals surface area contributed by atoms with E-state index in [-0.39, 0.29) is 23.9 Å². The summed E-state index contributed by atoms with van der Waals surface area (Å²) in [6, 6.07) is 0.0274. The first kappa shape index (κ1) is 14.8. The maximum absolute atomic E-state index is 12.4. The van der Waals surface area contributed by atoms with Gasteiger partial charge in [-0.3, -0.25) is 4.79 Å². The molecule has 1 amide bonds. The zero-order valence-corrected chi connectivity index (χ0v) is 11.3. The van der Waals surface area contributed by atoms with Crippen LogP contribution in [0.15, 0.2) is 5.16 Å². The first-order chi connectivity index (χ1) is 8.51. The average molecular weight is 257 g/mol. The highest BCUT2D eigenvalue weighted by Gasteiger charge is 2.33. The molecule has 1 heterocycles. The number of carbonyl (C=O) groups excluding carboxylic acids is 1. The van der Waals surface area contributed by atoms with Crippen LogP contribution in [0, 0.1) is 5.92 Å². The van der Waals surface area contributed by atoms with E-state index in [4.69, 9.17) is 15.7 Å². The minimum absolute atomic E-state index is 0.00630. The summed E-state index contributed by atoms with van der Waals surface area (Å²) in [5.41, 5.74) is 5.61. The number of amides is 1. The number of rotatable bonds is 4. The van der Waals surface area contributed by atoms with E-state index in [2.05, 4.69) is 5.16 Å². The van der Waals surface area contributed by atoms with Crippen molar-refractivity contribution in [3.63, 3.8) is 0 Å². The Morgan fingerprint density at radius 2 is 2.28 bits per heavy atom. The van der Waals surface area contributed by atoms with E-state index in [1.807, 2.05) is 20.8 Å². The Morgan fingerprint density at radius 3 is 2.83 bits per heavy atom. The highest BCUT2D eigenvalue weighted by molar-refractivity contribution is 6.02. The molecule has 6 heteroatoms. The summed E-state index contributed by atoms with van der Waals surface area (Å²) in [5.74, 6) is -0.615. The van der Waals surface area contributed by atoms with E-state index in [9.17, 15) is 4.79 Å². The molecule has 0 aromatic carbocycles. The number of oxime groups is 1. The van der Waals surface area contributed by atoms with E-state index in [1.165, 1.54) is 0 Å². The molecule has 0 saturated carbocycles. The van der Waals surface area contributed by atoms with Crippen molar-refractivity contribution in [2.45, 2.75) is 45.8 Å². The van der Waals surface area contributed by atoms with Gasteiger partial charge in [0.2, 0.25) is 5.91 Å². The van der Waals surface area contributed by atoms with Gasteiger partial charge < -0.3 is 20.6 Å². The van der Waals surface area contributed by atoms with Gasteiger partial charge in [0.05, 0.1) is 24.7 Å². The third-order valence-corrected chi connectivity index (χ3v) is 3.24. The van der Waals surface area contributed by atoms with Crippen LogP contribution in [0.25, 0.3) is 0 Å². The summed E-state index contributed by atoms with van der Waals surface area (Å²) in [6.07, 6.45) is 1.42. The SMILES string of the molecule is CCCC(C(=O)N1CC(C)OCC1C)/C(N)=N\O. The molecular formula is C12H23N3O3. The van der Waals surface area contributed by atoms with Crippen LogP contribution in [0.3, 0.4) is 0 Å². The number of morpholine rings is 1. The predicted molar refractivity (Wildman–Crippen MR) is 68.4 cm³/mol. The smallest absolute Gasteiger partial charge is 0.233 e. The van der Waals surface area contributed by atoms with Crippen LogP contribution in [0.2, 0.25) is 0 Å². The minimum atomic E-state index is -0.534. The van der Waals surface area contributed by atoms with Gasteiger partial charge in [0, 0.05) is 6.54 Å². The maximum Gasteiger partial charge on any atom is 0.233 e. The number of carbonyl (C=O) groups is 1. The zero-order valence-electron chi connectivity index (χ0n) is 11.3. The van der Waals surface area contributed by atoms with Gasteiger partial charge in [0.15, 0.2) is 5.84 Å². The second-order valence-electron chi connectivity index (χ2n) is 4.85. The van der Waals surface area contributed by atoms with Crippen LogP contribution >= 0.6 is 0 Å². The van der Waals surface area contributed by atoms with Crippen molar-refractivity contribution in [3.05, 3.63) is 0 Å². The van der Waals surface area contributed by atoms with E-state index >= 15 is 0 Å². The highest BCUT2D eigenvalue weighted by atomic mass is 16.5. The molecule has 1 saturated heterocycles. The van der Waals surface area contributed by atoms with E-state index in [0.29, 0.717) is 19.6 Å². The predicted octanol–water partition coefficient (Wildman–Crippen LogP) is 0.785. The zero-order chi connectivity index (χ0) is 13.7. The number of hydrogen-bond donors (Lipinski definition) is 2. The molecule has 0 spiro atoms. The fraction of sp³-hybridized carbons (Fsp3) is 0.833. The Kier molecular flexibility index (Phi) is 5.40. The molecule has 3 unspecified atom stereocenters. The molecule has 0 aromatic heterocycles. The summed E-state index contributed by atoms with van der Waals surface area (Å²) in [4.78, 5) is 14.2. The molecule has 0 bridgehead atoms. The van der Waals surface area contributed by atoms with Gasteiger partial charge in [-0.25, -0.2) is 0 Å². The van der Waals surface area contributed by atoms with E-state index in [0.717, 1.165) is 6.42 Å². The van der Waals surface area contributed by atoms with Gasteiger partial charge in [-0.1, -0.05) is 18.5 Å². The van der Waals surface area contributed by atoms with Crippen molar-refractivity contribution < 1.29 is 14.7 Å². The lowest BCUT2D eigenvalue weighted by atomic mass is 9.99. The average Bonchev–Trinajstić information content (AvgIpc) is 2.37. The van der Waals surface area contributed by atoms with Crippen molar-refractivity contribution in [3.8, 4) is 0 Å². The molecule has 0 aromatic rings. The number of ether oxygens (including phenoxy) is 1. The van der Waals surface area contributed by atoms with Crippen molar-refractivity contribution in [1.29, 1.82) is 0 Å². The third-order valence-electron chi connectivity index (χ3n) is 3.24. The molecule has 0 aliphatic carbocycles. The van der Waals surface area contributed by atoms with Crippen molar-refractivity contribution >= 4 is 11.7 Å². The van der Waals surface area contributed by atoms with Crippen molar-refractivity contribution in [2.24, 2.45) is 16.8 Å². The fourth-order valence-corrected chi connectivity index (χ4v) is 2.17. The van der Waals surface area contributed by atoms with Crippen molar-refractivity contribution in [2.75, 3.05) is 13.2 Å². The Labute approximate surface area is 108 Å².